The fourth-order valence-corrected chi connectivity index (χ4v) is 1.95. The van der Waals surface area contributed by atoms with Crippen LogP contribution in [0.5, 0.6) is 0 Å². The predicted octanol–water partition coefficient (Wildman–Crippen LogP) is 0.971. The summed E-state index contributed by atoms with van der Waals surface area (Å²) in [5.74, 6) is 0.517. The van der Waals surface area contributed by atoms with Gasteiger partial charge in [0.25, 0.3) is 0 Å². The summed E-state index contributed by atoms with van der Waals surface area (Å²) in [6.45, 7) is 6.20. The fourth-order valence-electron chi connectivity index (χ4n) is 1.30. The summed E-state index contributed by atoms with van der Waals surface area (Å²) in [6.07, 6.45) is 2.03. The van der Waals surface area contributed by atoms with E-state index in [4.69, 9.17) is 9.84 Å². The molecule has 0 aromatic carbocycles. The van der Waals surface area contributed by atoms with Gasteiger partial charge in [-0.3, -0.25) is 0 Å². The Kier molecular flexibility index (Phi) is 8.67. The zero-order chi connectivity index (χ0) is 11.0. The highest BCUT2D eigenvalue weighted by molar-refractivity contribution is 7.99. The number of aliphatic hydroxyl groups is 1. The van der Waals surface area contributed by atoms with Crippen LogP contribution >= 0.6 is 11.8 Å². The van der Waals surface area contributed by atoms with Crippen molar-refractivity contribution in [2.24, 2.45) is 5.92 Å². The molecule has 86 valence electrons. The second kappa shape index (κ2) is 8.53. The van der Waals surface area contributed by atoms with E-state index in [-0.39, 0.29) is 11.9 Å². The lowest BCUT2D eigenvalue weighted by molar-refractivity contribution is 0.156. The van der Waals surface area contributed by atoms with Crippen molar-refractivity contribution in [3.63, 3.8) is 0 Å². The van der Waals surface area contributed by atoms with E-state index < -0.39 is 0 Å². The summed E-state index contributed by atoms with van der Waals surface area (Å²) < 4.78 is 5.05. The van der Waals surface area contributed by atoms with Crippen LogP contribution < -0.4 is 5.32 Å². The molecular formula is C10H23NO2S. The Labute approximate surface area is 91.6 Å². The van der Waals surface area contributed by atoms with Crippen LogP contribution in [0.4, 0.5) is 0 Å². The van der Waals surface area contributed by atoms with Crippen molar-refractivity contribution in [1.82, 2.24) is 5.32 Å². The van der Waals surface area contributed by atoms with Crippen molar-refractivity contribution in [3.8, 4) is 0 Å². The number of ether oxygens (including phenoxy) is 1. The third kappa shape index (κ3) is 5.86. The van der Waals surface area contributed by atoms with E-state index in [1.807, 2.05) is 6.26 Å². The molecule has 3 nitrogen and oxygen atoms in total. The van der Waals surface area contributed by atoms with Crippen LogP contribution in [0.15, 0.2) is 0 Å². The number of hydrogen-bond donors (Lipinski definition) is 2. The van der Waals surface area contributed by atoms with Crippen molar-refractivity contribution < 1.29 is 9.84 Å². The zero-order valence-electron chi connectivity index (χ0n) is 9.62. The Balaban J connectivity index is 3.65. The summed E-state index contributed by atoms with van der Waals surface area (Å²) in [5.41, 5.74) is 0. The van der Waals surface area contributed by atoms with Gasteiger partial charge in [0.2, 0.25) is 0 Å². The van der Waals surface area contributed by atoms with E-state index >= 15 is 0 Å². The van der Waals surface area contributed by atoms with Crippen molar-refractivity contribution in [3.05, 3.63) is 0 Å². The molecule has 0 aromatic heterocycles. The molecule has 0 amide bonds. The van der Waals surface area contributed by atoms with Gasteiger partial charge in [-0.25, -0.2) is 0 Å². The van der Waals surface area contributed by atoms with Gasteiger partial charge in [-0.15, -0.1) is 0 Å². The van der Waals surface area contributed by atoms with Gasteiger partial charge in [0.05, 0.1) is 6.61 Å². The maximum Gasteiger partial charge on any atom is 0.0564 e. The maximum atomic E-state index is 9.08. The molecular weight excluding hydrogens is 198 g/mol. The lowest BCUT2D eigenvalue weighted by Crippen LogP contribution is -2.40. The number of aliphatic hydroxyl groups excluding tert-OH is 1. The first-order valence-electron chi connectivity index (χ1n) is 5.01. The molecule has 3 unspecified atom stereocenters. The molecule has 2 N–H and O–H groups in total. The Morgan fingerprint density at radius 3 is 2.50 bits per heavy atom. The van der Waals surface area contributed by atoms with Crippen LogP contribution in [0.2, 0.25) is 0 Å². The number of rotatable bonds is 8. The predicted molar refractivity (Wildman–Crippen MR) is 62.9 cm³/mol. The lowest BCUT2D eigenvalue weighted by atomic mass is 10.1. The second-order valence-corrected chi connectivity index (χ2v) is 4.79. The summed E-state index contributed by atoms with van der Waals surface area (Å²) in [5, 5.41) is 12.8. The van der Waals surface area contributed by atoms with E-state index in [0.29, 0.717) is 12.0 Å². The Morgan fingerprint density at radius 2 is 2.07 bits per heavy atom. The topological polar surface area (TPSA) is 41.5 Å². The molecule has 0 fully saturated rings. The van der Waals surface area contributed by atoms with Crippen LogP contribution in [-0.4, -0.2) is 49.5 Å². The Morgan fingerprint density at radius 1 is 1.43 bits per heavy atom. The molecule has 0 radical (unpaired) electrons. The van der Waals surface area contributed by atoms with Crippen molar-refractivity contribution in [2.75, 3.05) is 33.1 Å². The number of thioether (sulfide) groups is 1. The molecule has 0 bridgehead atoms. The molecule has 0 aromatic rings. The minimum Gasteiger partial charge on any atom is -0.395 e. The van der Waals surface area contributed by atoms with Gasteiger partial charge in [0, 0.05) is 31.6 Å². The highest BCUT2D eigenvalue weighted by Gasteiger charge is 2.15. The highest BCUT2D eigenvalue weighted by atomic mass is 32.2. The van der Waals surface area contributed by atoms with Crippen molar-refractivity contribution in [2.45, 2.75) is 25.1 Å². The molecule has 14 heavy (non-hydrogen) atoms. The van der Waals surface area contributed by atoms with Crippen LogP contribution in [0.25, 0.3) is 0 Å². The van der Waals surface area contributed by atoms with Gasteiger partial charge in [0.15, 0.2) is 0 Å². The molecule has 0 aliphatic carbocycles. The molecule has 0 aliphatic rings. The van der Waals surface area contributed by atoms with Gasteiger partial charge in [-0.05, 0) is 19.1 Å². The monoisotopic (exact) mass is 221 g/mol. The number of methoxy groups -OCH3 is 1. The maximum absolute atomic E-state index is 9.08. The summed E-state index contributed by atoms with van der Waals surface area (Å²) >= 11 is 1.70. The minimum absolute atomic E-state index is 0.230. The third-order valence-electron chi connectivity index (χ3n) is 2.28. The zero-order valence-corrected chi connectivity index (χ0v) is 10.4. The summed E-state index contributed by atoms with van der Waals surface area (Å²) in [7, 11) is 1.72. The Bertz CT molecular complexity index is 131. The fraction of sp³-hybridized carbons (Fsp3) is 1.00. The van der Waals surface area contributed by atoms with E-state index in [0.717, 1.165) is 13.2 Å². The first-order valence-corrected chi connectivity index (χ1v) is 6.30. The SMILES string of the molecule is COCC(C)CNC(C)C(CO)SC. The van der Waals surface area contributed by atoms with Crippen LogP contribution in [-0.2, 0) is 4.74 Å². The first kappa shape index (κ1) is 14.2. The standard InChI is InChI=1S/C10H23NO2S/c1-8(7-13-3)5-11-9(2)10(6-12)14-4/h8-12H,5-7H2,1-4H3. The summed E-state index contributed by atoms with van der Waals surface area (Å²) in [6, 6.07) is 0.342. The molecule has 0 saturated carbocycles. The van der Waals surface area contributed by atoms with E-state index in [2.05, 4.69) is 19.2 Å². The van der Waals surface area contributed by atoms with Crippen molar-refractivity contribution in [1.29, 1.82) is 0 Å². The van der Waals surface area contributed by atoms with E-state index in [9.17, 15) is 0 Å². The normalized spacial score (nSPS) is 17.8. The van der Waals surface area contributed by atoms with E-state index in [1.165, 1.54) is 0 Å². The summed E-state index contributed by atoms with van der Waals surface area (Å²) in [4.78, 5) is 0. The number of hydrogen-bond acceptors (Lipinski definition) is 4. The van der Waals surface area contributed by atoms with Gasteiger partial charge in [0.1, 0.15) is 0 Å². The van der Waals surface area contributed by atoms with Crippen LogP contribution in [0.1, 0.15) is 13.8 Å². The first-order chi connectivity index (χ1) is 6.65. The molecule has 0 aliphatic heterocycles. The van der Waals surface area contributed by atoms with Crippen molar-refractivity contribution >= 4 is 11.8 Å². The van der Waals surface area contributed by atoms with Gasteiger partial charge in [-0.2, -0.15) is 11.8 Å². The largest absolute Gasteiger partial charge is 0.395 e. The number of nitrogens with one attached hydrogen (secondary N) is 1. The third-order valence-corrected chi connectivity index (χ3v) is 3.44. The van der Waals surface area contributed by atoms with Crippen LogP contribution in [0, 0.1) is 5.92 Å². The second-order valence-electron chi connectivity index (χ2n) is 3.71. The lowest BCUT2D eigenvalue weighted by Gasteiger charge is -2.23. The molecule has 4 heteroatoms. The molecule has 0 spiro atoms. The molecule has 0 rings (SSSR count). The molecule has 0 saturated heterocycles. The van der Waals surface area contributed by atoms with E-state index in [1.54, 1.807) is 18.9 Å². The average Bonchev–Trinajstić information content (AvgIpc) is 2.17. The average molecular weight is 221 g/mol. The highest BCUT2D eigenvalue weighted by Crippen LogP contribution is 2.10. The van der Waals surface area contributed by atoms with Crippen LogP contribution in [0.3, 0.4) is 0 Å². The minimum atomic E-state index is 0.230. The smallest absolute Gasteiger partial charge is 0.0564 e. The van der Waals surface area contributed by atoms with Gasteiger partial charge in [-0.1, -0.05) is 6.92 Å². The van der Waals surface area contributed by atoms with Gasteiger partial charge < -0.3 is 15.2 Å². The Hall–Kier alpha value is 0.230. The molecule has 0 heterocycles. The van der Waals surface area contributed by atoms with Gasteiger partial charge >= 0.3 is 0 Å². The molecule has 3 atom stereocenters. The quantitative estimate of drug-likeness (QED) is 0.641.